The number of rotatable bonds is 1. The Labute approximate surface area is 64.0 Å². The number of hydrogen-bond donors (Lipinski definition) is 4. The van der Waals surface area contributed by atoms with Gasteiger partial charge in [-0.15, -0.1) is 0 Å². The summed E-state index contributed by atoms with van der Waals surface area (Å²) in [6, 6.07) is 4.41. The van der Waals surface area contributed by atoms with Crippen LogP contribution in [0.5, 0.6) is 5.75 Å². The van der Waals surface area contributed by atoms with E-state index in [1.54, 1.807) is 6.07 Å². The van der Waals surface area contributed by atoms with Gasteiger partial charge in [0.25, 0.3) is 0 Å². The molecule has 0 fully saturated rings. The second-order valence-corrected chi connectivity index (χ2v) is 2.19. The first kappa shape index (κ1) is 7.40. The van der Waals surface area contributed by atoms with Crippen molar-refractivity contribution in [2.45, 2.75) is 0 Å². The molecule has 58 valence electrons. The van der Waals surface area contributed by atoms with E-state index in [0.29, 0.717) is 5.69 Å². The maximum atomic E-state index is 9.13. The summed E-state index contributed by atoms with van der Waals surface area (Å²) in [5, 5.41) is 16.2. The number of phenolic OH excluding ortho intramolecular Hbond substituents is 1. The van der Waals surface area contributed by atoms with E-state index in [4.69, 9.17) is 22.0 Å². The lowest BCUT2D eigenvalue weighted by atomic mass is 10.1. The summed E-state index contributed by atoms with van der Waals surface area (Å²) >= 11 is 0. The molecule has 11 heavy (non-hydrogen) atoms. The van der Waals surface area contributed by atoms with Crippen LogP contribution < -0.4 is 11.5 Å². The Kier molecular flexibility index (Phi) is 1.68. The van der Waals surface area contributed by atoms with Crippen LogP contribution in [0, 0.1) is 5.41 Å². The largest absolute Gasteiger partial charge is 0.507 e. The van der Waals surface area contributed by atoms with E-state index in [-0.39, 0.29) is 17.1 Å². The zero-order valence-corrected chi connectivity index (χ0v) is 5.83. The van der Waals surface area contributed by atoms with E-state index in [1.807, 2.05) is 0 Å². The van der Waals surface area contributed by atoms with Crippen molar-refractivity contribution in [1.29, 1.82) is 5.41 Å². The molecule has 0 aliphatic rings. The molecular formula is C7H9N3O. The van der Waals surface area contributed by atoms with Gasteiger partial charge >= 0.3 is 0 Å². The third kappa shape index (κ3) is 1.40. The number of nitrogen functional groups attached to an aromatic ring is 2. The van der Waals surface area contributed by atoms with Crippen LogP contribution >= 0.6 is 0 Å². The molecule has 0 saturated heterocycles. The Morgan fingerprint density at radius 2 is 2.09 bits per heavy atom. The lowest BCUT2D eigenvalue weighted by Gasteiger charge is -2.01. The third-order valence-corrected chi connectivity index (χ3v) is 1.31. The fourth-order valence-electron chi connectivity index (χ4n) is 0.769. The van der Waals surface area contributed by atoms with Crippen LogP contribution in [0.4, 0.5) is 5.69 Å². The molecule has 0 amide bonds. The highest BCUT2D eigenvalue weighted by molar-refractivity contribution is 5.98. The van der Waals surface area contributed by atoms with E-state index < -0.39 is 0 Å². The monoisotopic (exact) mass is 151 g/mol. The topological polar surface area (TPSA) is 96.1 Å². The predicted octanol–water partition coefficient (Wildman–Crippen LogP) is 0.258. The SMILES string of the molecule is N=C(N)c1cc(N)ccc1O. The molecule has 1 rings (SSSR count). The summed E-state index contributed by atoms with van der Waals surface area (Å²) in [6.45, 7) is 0. The first-order chi connectivity index (χ1) is 5.11. The summed E-state index contributed by atoms with van der Waals surface area (Å²) in [5.41, 5.74) is 11.3. The highest BCUT2D eigenvalue weighted by Gasteiger charge is 2.02. The van der Waals surface area contributed by atoms with Crippen molar-refractivity contribution in [3.63, 3.8) is 0 Å². The number of nitrogens with one attached hydrogen (secondary N) is 1. The molecule has 0 atom stereocenters. The maximum absolute atomic E-state index is 9.13. The maximum Gasteiger partial charge on any atom is 0.126 e. The van der Waals surface area contributed by atoms with Gasteiger partial charge < -0.3 is 16.6 Å². The second-order valence-electron chi connectivity index (χ2n) is 2.19. The Hall–Kier alpha value is -1.71. The van der Waals surface area contributed by atoms with Crippen LogP contribution in [-0.2, 0) is 0 Å². The van der Waals surface area contributed by atoms with E-state index in [1.165, 1.54) is 12.1 Å². The third-order valence-electron chi connectivity index (χ3n) is 1.31. The highest BCUT2D eigenvalue weighted by atomic mass is 16.3. The number of aromatic hydroxyl groups is 1. The number of hydrogen-bond acceptors (Lipinski definition) is 3. The van der Waals surface area contributed by atoms with Crippen molar-refractivity contribution in [3.05, 3.63) is 23.8 Å². The van der Waals surface area contributed by atoms with E-state index in [0.717, 1.165) is 0 Å². The molecule has 0 unspecified atom stereocenters. The van der Waals surface area contributed by atoms with Crippen LogP contribution in [0.3, 0.4) is 0 Å². The Morgan fingerprint density at radius 3 is 2.55 bits per heavy atom. The zero-order valence-electron chi connectivity index (χ0n) is 5.83. The van der Waals surface area contributed by atoms with Gasteiger partial charge in [0.1, 0.15) is 11.6 Å². The van der Waals surface area contributed by atoms with E-state index in [9.17, 15) is 0 Å². The molecule has 0 spiro atoms. The molecule has 1 aromatic carbocycles. The predicted molar refractivity (Wildman–Crippen MR) is 43.5 cm³/mol. The molecule has 1 aromatic rings. The lowest BCUT2D eigenvalue weighted by Crippen LogP contribution is -2.11. The Morgan fingerprint density at radius 1 is 1.45 bits per heavy atom. The van der Waals surface area contributed by atoms with Crippen molar-refractivity contribution >= 4 is 11.5 Å². The molecule has 0 aromatic heterocycles. The minimum Gasteiger partial charge on any atom is -0.507 e. The van der Waals surface area contributed by atoms with Gasteiger partial charge in [0.05, 0.1) is 5.56 Å². The summed E-state index contributed by atoms with van der Waals surface area (Å²) in [4.78, 5) is 0. The molecule has 0 aliphatic heterocycles. The normalized spacial score (nSPS) is 9.45. The molecule has 0 radical (unpaired) electrons. The van der Waals surface area contributed by atoms with Gasteiger partial charge in [-0.25, -0.2) is 0 Å². The number of anilines is 1. The van der Waals surface area contributed by atoms with Crippen LogP contribution in [-0.4, -0.2) is 10.9 Å². The smallest absolute Gasteiger partial charge is 0.126 e. The van der Waals surface area contributed by atoms with E-state index >= 15 is 0 Å². The quantitative estimate of drug-likeness (QED) is 0.200. The van der Waals surface area contributed by atoms with Crippen molar-refractivity contribution in [2.75, 3.05) is 5.73 Å². The van der Waals surface area contributed by atoms with Gasteiger partial charge in [-0.1, -0.05) is 0 Å². The first-order valence-electron chi connectivity index (χ1n) is 3.04. The molecule has 0 saturated carbocycles. The molecule has 4 nitrogen and oxygen atoms in total. The Bertz CT molecular complexity index is 296. The highest BCUT2D eigenvalue weighted by Crippen LogP contribution is 2.18. The van der Waals surface area contributed by atoms with Crippen molar-refractivity contribution in [2.24, 2.45) is 5.73 Å². The first-order valence-corrected chi connectivity index (χ1v) is 3.04. The molecule has 6 N–H and O–H groups in total. The molecule has 4 heteroatoms. The van der Waals surface area contributed by atoms with Crippen molar-refractivity contribution in [1.82, 2.24) is 0 Å². The number of benzene rings is 1. The lowest BCUT2D eigenvalue weighted by molar-refractivity contribution is 0.474. The fraction of sp³-hybridized carbons (Fsp3) is 0. The average molecular weight is 151 g/mol. The molecule has 0 aliphatic carbocycles. The zero-order chi connectivity index (χ0) is 8.43. The molecular weight excluding hydrogens is 142 g/mol. The van der Waals surface area contributed by atoms with Crippen LogP contribution in [0.1, 0.15) is 5.56 Å². The fourth-order valence-corrected chi connectivity index (χ4v) is 0.769. The minimum atomic E-state index is -0.185. The van der Waals surface area contributed by atoms with Gasteiger partial charge in [0.15, 0.2) is 0 Å². The van der Waals surface area contributed by atoms with Crippen LogP contribution in [0.2, 0.25) is 0 Å². The van der Waals surface area contributed by atoms with Gasteiger partial charge in [-0.05, 0) is 18.2 Å². The molecule has 0 heterocycles. The summed E-state index contributed by atoms with van der Waals surface area (Å²) in [6.07, 6.45) is 0. The second kappa shape index (κ2) is 2.49. The molecule has 0 bridgehead atoms. The number of nitrogens with two attached hydrogens (primary N) is 2. The van der Waals surface area contributed by atoms with Crippen LogP contribution in [0.25, 0.3) is 0 Å². The summed E-state index contributed by atoms with van der Waals surface area (Å²) in [7, 11) is 0. The van der Waals surface area contributed by atoms with Crippen LogP contribution in [0.15, 0.2) is 18.2 Å². The standard InChI is InChI=1S/C7H9N3O/c8-4-1-2-6(11)5(3-4)7(9)10/h1-3,11H,8H2,(H3,9,10). The van der Waals surface area contributed by atoms with Crippen molar-refractivity contribution in [3.8, 4) is 5.75 Å². The Balaban J connectivity index is 3.23. The number of amidine groups is 1. The van der Waals surface area contributed by atoms with Gasteiger partial charge in [0.2, 0.25) is 0 Å². The minimum absolute atomic E-state index is 0.0216. The summed E-state index contributed by atoms with van der Waals surface area (Å²) < 4.78 is 0. The van der Waals surface area contributed by atoms with Gasteiger partial charge in [-0.2, -0.15) is 0 Å². The average Bonchev–Trinajstić information content (AvgIpc) is 1.94. The van der Waals surface area contributed by atoms with Gasteiger partial charge in [0, 0.05) is 5.69 Å². The number of phenols is 1. The summed E-state index contributed by atoms with van der Waals surface area (Å²) in [5.74, 6) is -0.207. The van der Waals surface area contributed by atoms with Gasteiger partial charge in [-0.3, -0.25) is 5.41 Å². The van der Waals surface area contributed by atoms with Crippen molar-refractivity contribution < 1.29 is 5.11 Å². The van der Waals surface area contributed by atoms with E-state index in [2.05, 4.69) is 0 Å².